The van der Waals surface area contributed by atoms with Gasteiger partial charge in [0.15, 0.2) is 11.5 Å². The zero-order valence-corrected chi connectivity index (χ0v) is 11.6. The summed E-state index contributed by atoms with van der Waals surface area (Å²) in [5, 5.41) is 15.7. The van der Waals surface area contributed by atoms with Crippen LogP contribution in [0.5, 0.6) is 0 Å². The van der Waals surface area contributed by atoms with Gasteiger partial charge in [-0.25, -0.2) is 0 Å². The fourth-order valence-corrected chi connectivity index (χ4v) is 1.69. The van der Waals surface area contributed by atoms with Gasteiger partial charge in [0.2, 0.25) is 5.95 Å². The van der Waals surface area contributed by atoms with Gasteiger partial charge < -0.3 is 10.6 Å². The Hall–Kier alpha value is -2.84. The maximum Gasteiger partial charge on any atom is 0.271 e. The number of carbonyl (C=O) groups is 2. The molecule has 0 aliphatic carbocycles. The van der Waals surface area contributed by atoms with Gasteiger partial charge in [-0.15, -0.1) is 15.3 Å². The number of anilines is 1. The minimum Gasteiger partial charge on any atom is -0.354 e. The molecule has 21 heavy (non-hydrogen) atoms. The minimum absolute atomic E-state index is 0.119. The molecule has 2 aromatic heterocycles. The summed E-state index contributed by atoms with van der Waals surface area (Å²) in [6.07, 6.45) is 1.25. The molecule has 0 aromatic carbocycles. The number of hydrogen-bond donors (Lipinski definition) is 2. The Morgan fingerprint density at radius 1 is 1.29 bits per heavy atom. The predicted octanol–water partition coefficient (Wildman–Crippen LogP) is 0.270. The number of aryl methyl sites for hydroxylation is 2. The van der Waals surface area contributed by atoms with Gasteiger partial charge in [-0.3, -0.25) is 14.3 Å². The maximum absolute atomic E-state index is 13.4. The lowest BCUT2D eigenvalue weighted by atomic mass is 10.2. The van der Waals surface area contributed by atoms with Crippen LogP contribution < -0.4 is 10.6 Å². The molecule has 0 atom stereocenters. The third kappa shape index (κ3) is 3.02. The Morgan fingerprint density at radius 3 is 2.52 bits per heavy atom. The van der Waals surface area contributed by atoms with Gasteiger partial charge in [0.25, 0.3) is 11.8 Å². The van der Waals surface area contributed by atoms with Crippen molar-refractivity contribution in [2.24, 2.45) is 7.05 Å². The van der Waals surface area contributed by atoms with E-state index in [4.69, 9.17) is 0 Å². The van der Waals surface area contributed by atoms with Gasteiger partial charge in [0.1, 0.15) is 5.56 Å². The van der Waals surface area contributed by atoms with Crippen molar-refractivity contribution < 1.29 is 14.0 Å². The molecule has 0 saturated heterocycles. The van der Waals surface area contributed by atoms with Crippen molar-refractivity contribution in [1.29, 1.82) is 0 Å². The average Bonchev–Trinajstić information content (AvgIpc) is 2.77. The van der Waals surface area contributed by atoms with E-state index in [1.165, 1.54) is 31.0 Å². The molecule has 0 fully saturated rings. The fourth-order valence-electron chi connectivity index (χ4n) is 1.69. The zero-order chi connectivity index (χ0) is 15.6. The van der Waals surface area contributed by atoms with Crippen LogP contribution in [0, 0.1) is 12.9 Å². The number of nitrogens with one attached hydrogen (secondary N) is 2. The first-order chi connectivity index (χ1) is 9.92. The highest BCUT2D eigenvalue weighted by Gasteiger charge is 2.17. The highest BCUT2D eigenvalue weighted by molar-refractivity contribution is 6.03. The van der Waals surface area contributed by atoms with Crippen LogP contribution in [0.2, 0.25) is 0 Å². The van der Waals surface area contributed by atoms with E-state index < -0.39 is 11.9 Å². The SMILES string of the molecule is CNC(=O)c1nnc(NC(=O)c2cn(C)nc2F)cc1C. The van der Waals surface area contributed by atoms with Crippen LogP contribution in [0.15, 0.2) is 12.3 Å². The smallest absolute Gasteiger partial charge is 0.271 e. The summed E-state index contributed by atoms with van der Waals surface area (Å²) in [4.78, 5) is 23.4. The lowest BCUT2D eigenvalue weighted by Crippen LogP contribution is -2.22. The van der Waals surface area contributed by atoms with Gasteiger partial charge in [-0.05, 0) is 18.6 Å². The second-order valence-electron chi connectivity index (χ2n) is 4.30. The first kappa shape index (κ1) is 14.6. The molecular formula is C12H13FN6O2. The van der Waals surface area contributed by atoms with Gasteiger partial charge in [-0.2, -0.15) is 4.39 Å². The Kier molecular flexibility index (Phi) is 3.92. The third-order valence-electron chi connectivity index (χ3n) is 2.70. The molecule has 0 aliphatic heterocycles. The predicted molar refractivity (Wildman–Crippen MR) is 71.3 cm³/mol. The van der Waals surface area contributed by atoms with E-state index >= 15 is 0 Å². The van der Waals surface area contributed by atoms with Crippen molar-refractivity contribution in [3.8, 4) is 0 Å². The summed E-state index contributed by atoms with van der Waals surface area (Å²) in [5.41, 5.74) is 0.488. The molecule has 9 heteroatoms. The lowest BCUT2D eigenvalue weighted by Gasteiger charge is -2.06. The highest BCUT2D eigenvalue weighted by Crippen LogP contribution is 2.12. The van der Waals surface area contributed by atoms with E-state index in [9.17, 15) is 14.0 Å². The second kappa shape index (κ2) is 5.65. The summed E-state index contributed by atoms with van der Waals surface area (Å²) in [5.74, 6) is -1.83. The Bertz CT molecular complexity index is 712. The maximum atomic E-state index is 13.4. The van der Waals surface area contributed by atoms with Gasteiger partial charge in [0, 0.05) is 20.3 Å². The van der Waals surface area contributed by atoms with Crippen LogP contribution in [-0.4, -0.2) is 38.8 Å². The van der Waals surface area contributed by atoms with Crippen molar-refractivity contribution >= 4 is 17.6 Å². The molecule has 8 nitrogen and oxygen atoms in total. The zero-order valence-electron chi connectivity index (χ0n) is 11.6. The van der Waals surface area contributed by atoms with E-state index in [0.717, 1.165) is 0 Å². The van der Waals surface area contributed by atoms with Gasteiger partial charge >= 0.3 is 0 Å². The molecule has 2 amide bonds. The first-order valence-corrected chi connectivity index (χ1v) is 5.99. The fraction of sp³-hybridized carbons (Fsp3) is 0.250. The van der Waals surface area contributed by atoms with Crippen LogP contribution >= 0.6 is 0 Å². The number of amides is 2. The number of carbonyl (C=O) groups excluding carboxylic acids is 2. The molecule has 2 rings (SSSR count). The van der Waals surface area contributed by atoms with Crippen LogP contribution in [-0.2, 0) is 7.05 Å². The summed E-state index contributed by atoms with van der Waals surface area (Å²) >= 11 is 0. The number of halogens is 1. The van der Waals surface area contributed by atoms with Crippen LogP contribution in [0.3, 0.4) is 0 Å². The number of hydrogen-bond acceptors (Lipinski definition) is 5. The van der Waals surface area contributed by atoms with Crippen LogP contribution in [0.1, 0.15) is 26.4 Å². The summed E-state index contributed by atoms with van der Waals surface area (Å²) in [6.45, 7) is 1.65. The number of aromatic nitrogens is 4. The number of nitrogens with zero attached hydrogens (tertiary/aromatic N) is 4. The molecule has 0 unspecified atom stereocenters. The van der Waals surface area contributed by atoms with E-state index in [1.54, 1.807) is 6.92 Å². The summed E-state index contributed by atoms with van der Waals surface area (Å²) in [7, 11) is 2.98. The van der Waals surface area contributed by atoms with E-state index in [1.807, 2.05) is 0 Å². The molecule has 2 aromatic rings. The average molecular weight is 292 g/mol. The van der Waals surface area contributed by atoms with Crippen molar-refractivity contribution in [1.82, 2.24) is 25.3 Å². The quantitative estimate of drug-likeness (QED) is 0.845. The van der Waals surface area contributed by atoms with Crippen molar-refractivity contribution in [3.63, 3.8) is 0 Å². The standard InChI is InChI=1S/C12H13FN6O2/c1-6-4-8(16-17-9(6)12(21)14-2)15-11(20)7-5-19(3)18-10(7)13/h4-5H,1-3H3,(H,14,21)(H,15,16,20). The molecule has 0 spiro atoms. The second-order valence-corrected chi connectivity index (χ2v) is 4.30. The van der Waals surface area contributed by atoms with E-state index in [2.05, 4.69) is 25.9 Å². The first-order valence-electron chi connectivity index (χ1n) is 5.99. The highest BCUT2D eigenvalue weighted by atomic mass is 19.1. The summed E-state index contributed by atoms with van der Waals surface area (Å²) < 4.78 is 14.6. The monoisotopic (exact) mass is 292 g/mol. The molecule has 0 saturated carbocycles. The van der Waals surface area contributed by atoms with Crippen LogP contribution in [0.25, 0.3) is 0 Å². The largest absolute Gasteiger partial charge is 0.354 e. The lowest BCUT2D eigenvalue weighted by molar-refractivity contribution is 0.0956. The molecule has 0 aliphatic rings. The third-order valence-corrected chi connectivity index (χ3v) is 2.70. The van der Waals surface area contributed by atoms with Crippen molar-refractivity contribution in [3.05, 3.63) is 35.0 Å². The summed E-state index contributed by atoms with van der Waals surface area (Å²) in [6, 6.07) is 1.48. The van der Waals surface area contributed by atoms with Crippen molar-refractivity contribution in [2.45, 2.75) is 6.92 Å². The molecule has 2 heterocycles. The van der Waals surface area contributed by atoms with Crippen LogP contribution in [0.4, 0.5) is 10.2 Å². The van der Waals surface area contributed by atoms with Gasteiger partial charge in [-0.1, -0.05) is 0 Å². The molecule has 110 valence electrons. The Labute approximate surface area is 119 Å². The van der Waals surface area contributed by atoms with Crippen molar-refractivity contribution in [2.75, 3.05) is 12.4 Å². The Balaban J connectivity index is 2.20. The molecule has 2 N–H and O–H groups in total. The normalized spacial score (nSPS) is 10.3. The topological polar surface area (TPSA) is 102 Å². The molecular weight excluding hydrogens is 279 g/mol. The van der Waals surface area contributed by atoms with E-state index in [0.29, 0.717) is 5.56 Å². The molecule has 0 bridgehead atoms. The van der Waals surface area contributed by atoms with E-state index in [-0.39, 0.29) is 23.0 Å². The minimum atomic E-state index is -0.873. The molecule has 0 radical (unpaired) electrons. The number of rotatable bonds is 3. The Morgan fingerprint density at radius 2 is 2.00 bits per heavy atom. The van der Waals surface area contributed by atoms with Gasteiger partial charge in [0.05, 0.1) is 0 Å².